The summed E-state index contributed by atoms with van der Waals surface area (Å²) in [4.78, 5) is 18.1. The summed E-state index contributed by atoms with van der Waals surface area (Å²) < 4.78 is -0.295. The summed E-state index contributed by atoms with van der Waals surface area (Å²) in [6.45, 7) is 8.00. The Morgan fingerprint density at radius 1 is 1.21 bits per heavy atom. The molecule has 0 saturated carbocycles. The van der Waals surface area contributed by atoms with Crippen LogP contribution in [0.15, 0.2) is 35.2 Å². The largest absolute Gasteiger partial charge is 0.277 e. The summed E-state index contributed by atoms with van der Waals surface area (Å²) in [5, 5.41) is 0. The zero-order valence-corrected chi connectivity index (χ0v) is 13.1. The van der Waals surface area contributed by atoms with E-state index in [1.165, 1.54) is 7.11 Å². The molecule has 1 aromatic carbocycles. The number of hydrogen-bond donors (Lipinski definition) is 1. The van der Waals surface area contributed by atoms with E-state index in [-0.39, 0.29) is 21.1 Å². The van der Waals surface area contributed by atoms with E-state index in [1.54, 1.807) is 0 Å². The zero-order chi connectivity index (χ0) is 14.7. The van der Waals surface area contributed by atoms with Crippen molar-refractivity contribution in [2.24, 2.45) is 5.41 Å². The van der Waals surface area contributed by atoms with Gasteiger partial charge in [-0.25, -0.2) is 5.48 Å². The van der Waals surface area contributed by atoms with E-state index < -0.39 is 5.41 Å². The first-order valence-electron chi connectivity index (χ1n) is 6.17. The van der Waals surface area contributed by atoms with Crippen molar-refractivity contribution in [1.29, 1.82) is 0 Å². The van der Waals surface area contributed by atoms with Gasteiger partial charge in [-0.3, -0.25) is 9.63 Å². The van der Waals surface area contributed by atoms with Crippen molar-refractivity contribution in [3.63, 3.8) is 0 Å². The molecule has 1 atom stereocenters. The average Bonchev–Trinajstić information content (AvgIpc) is 2.38. The average molecular weight is 281 g/mol. The standard InChI is InChI=1S/C15H23NO2S/c1-14(2,13(17)16-18-5)15(3,4)19(6)12-10-8-7-9-11-12/h7-11H,6H2,1-5H3,(H,16,17). The highest BCUT2D eigenvalue weighted by Gasteiger charge is 2.45. The van der Waals surface area contributed by atoms with Gasteiger partial charge in [0, 0.05) is 9.64 Å². The van der Waals surface area contributed by atoms with Crippen LogP contribution in [0.5, 0.6) is 0 Å². The molecule has 1 amide bonds. The van der Waals surface area contributed by atoms with Gasteiger partial charge in [0.25, 0.3) is 5.91 Å². The number of hydroxylamine groups is 1. The molecule has 106 valence electrons. The summed E-state index contributed by atoms with van der Waals surface area (Å²) in [5.41, 5.74) is 1.84. The Bertz CT molecular complexity index is 466. The highest BCUT2D eigenvalue weighted by molar-refractivity contribution is 8.15. The molecule has 0 aliphatic carbocycles. The van der Waals surface area contributed by atoms with E-state index in [0.717, 1.165) is 4.90 Å². The molecule has 0 aromatic heterocycles. The van der Waals surface area contributed by atoms with Crippen LogP contribution in [0.1, 0.15) is 27.7 Å². The lowest BCUT2D eigenvalue weighted by atomic mass is 9.79. The second kappa shape index (κ2) is 5.88. The van der Waals surface area contributed by atoms with Crippen molar-refractivity contribution in [3.8, 4) is 0 Å². The summed E-state index contributed by atoms with van der Waals surface area (Å²) in [6, 6.07) is 10.1. The van der Waals surface area contributed by atoms with E-state index in [4.69, 9.17) is 4.84 Å². The number of rotatable bonds is 5. The van der Waals surface area contributed by atoms with Crippen LogP contribution in [0, 0.1) is 5.41 Å². The minimum absolute atomic E-state index is 0.128. The number of carbonyl (C=O) groups excluding carboxylic acids is 1. The predicted molar refractivity (Wildman–Crippen MR) is 82.4 cm³/mol. The first-order valence-corrected chi connectivity index (χ1v) is 7.57. The maximum atomic E-state index is 12.2. The summed E-state index contributed by atoms with van der Waals surface area (Å²) in [6.07, 6.45) is 0. The van der Waals surface area contributed by atoms with Crippen molar-refractivity contribution in [3.05, 3.63) is 30.3 Å². The van der Waals surface area contributed by atoms with Gasteiger partial charge in [0.05, 0.1) is 12.5 Å². The summed E-state index contributed by atoms with van der Waals surface area (Å²) in [7, 11) is 1.14. The number of amides is 1. The molecule has 0 aliphatic heterocycles. The quantitative estimate of drug-likeness (QED) is 0.665. The Morgan fingerprint density at radius 3 is 2.21 bits per heavy atom. The second-order valence-electron chi connectivity index (χ2n) is 5.47. The number of carbonyl (C=O) groups is 1. The first-order chi connectivity index (χ1) is 8.75. The normalized spacial score (nSPS) is 13.9. The van der Waals surface area contributed by atoms with Crippen LogP contribution in [0.4, 0.5) is 0 Å². The fourth-order valence-corrected chi connectivity index (χ4v) is 3.46. The summed E-state index contributed by atoms with van der Waals surface area (Å²) >= 11 is 0. The van der Waals surface area contributed by atoms with Crippen LogP contribution >= 0.6 is 10.5 Å². The van der Waals surface area contributed by atoms with Crippen LogP contribution in [-0.4, -0.2) is 23.6 Å². The van der Waals surface area contributed by atoms with Gasteiger partial charge in [-0.1, -0.05) is 24.1 Å². The van der Waals surface area contributed by atoms with Gasteiger partial charge in [0.2, 0.25) is 0 Å². The SMILES string of the molecule is C=S(c1ccccc1)C(C)(C)C(C)(C)C(=O)NOC. The molecular weight excluding hydrogens is 258 g/mol. The van der Waals surface area contributed by atoms with E-state index >= 15 is 0 Å². The molecule has 1 aromatic rings. The van der Waals surface area contributed by atoms with E-state index in [9.17, 15) is 4.79 Å². The first kappa shape index (κ1) is 15.9. The fraction of sp³-hybridized carbons (Fsp3) is 0.467. The van der Waals surface area contributed by atoms with Crippen LogP contribution in [-0.2, 0) is 9.63 Å². The van der Waals surface area contributed by atoms with Gasteiger partial charge >= 0.3 is 0 Å². The Hall–Kier alpha value is -1.13. The molecule has 19 heavy (non-hydrogen) atoms. The third-order valence-electron chi connectivity index (χ3n) is 3.91. The highest BCUT2D eigenvalue weighted by Crippen LogP contribution is 2.49. The maximum absolute atomic E-state index is 12.2. The lowest BCUT2D eigenvalue weighted by Gasteiger charge is -2.42. The van der Waals surface area contributed by atoms with Gasteiger partial charge in [-0.05, 0) is 39.8 Å². The predicted octanol–water partition coefficient (Wildman–Crippen LogP) is 3.23. The van der Waals surface area contributed by atoms with Crippen LogP contribution in [0.25, 0.3) is 0 Å². The lowest BCUT2D eigenvalue weighted by molar-refractivity contribution is -0.141. The molecule has 0 saturated heterocycles. The molecule has 0 fully saturated rings. The van der Waals surface area contributed by atoms with Gasteiger partial charge in [-0.15, -0.1) is 0 Å². The van der Waals surface area contributed by atoms with Crippen molar-refractivity contribution >= 4 is 22.3 Å². The molecule has 0 bridgehead atoms. The molecule has 0 radical (unpaired) electrons. The van der Waals surface area contributed by atoms with Gasteiger partial charge in [0.1, 0.15) is 0 Å². The Labute approximate surface area is 118 Å². The van der Waals surface area contributed by atoms with Gasteiger partial charge < -0.3 is 0 Å². The van der Waals surface area contributed by atoms with E-state index in [2.05, 4.69) is 37.3 Å². The van der Waals surface area contributed by atoms with Crippen LogP contribution < -0.4 is 5.48 Å². The van der Waals surface area contributed by atoms with Gasteiger partial charge in [-0.2, -0.15) is 10.5 Å². The molecule has 3 nitrogen and oxygen atoms in total. The molecule has 0 heterocycles. The third-order valence-corrected chi connectivity index (χ3v) is 6.49. The van der Waals surface area contributed by atoms with Crippen molar-refractivity contribution in [1.82, 2.24) is 5.48 Å². The summed E-state index contributed by atoms with van der Waals surface area (Å²) in [5.74, 6) is 4.17. The number of hydrogen-bond acceptors (Lipinski definition) is 2. The molecule has 0 aliphatic rings. The Kier molecular flexibility index (Phi) is 4.93. The minimum Gasteiger partial charge on any atom is -0.277 e. The number of nitrogens with one attached hydrogen (secondary N) is 1. The number of benzene rings is 1. The Morgan fingerprint density at radius 2 is 1.74 bits per heavy atom. The van der Waals surface area contributed by atoms with Gasteiger partial charge in [0.15, 0.2) is 0 Å². The van der Waals surface area contributed by atoms with Crippen molar-refractivity contribution in [2.45, 2.75) is 37.3 Å². The fourth-order valence-electron chi connectivity index (χ4n) is 1.68. The maximum Gasteiger partial charge on any atom is 0.250 e. The zero-order valence-electron chi connectivity index (χ0n) is 12.3. The molecule has 4 heteroatoms. The lowest BCUT2D eigenvalue weighted by Crippen LogP contribution is -2.49. The van der Waals surface area contributed by atoms with Crippen molar-refractivity contribution in [2.75, 3.05) is 7.11 Å². The minimum atomic E-state index is -0.594. The van der Waals surface area contributed by atoms with Crippen molar-refractivity contribution < 1.29 is 9.63 Å². The van der Waals surface area contributed by atoms with E-state index in [0.29, 0.717) is 0 Å². The van der Waals surface area contributed by atoms with Crippen LogP contribution in [0.2, 0.25) is 0 Å². The Balaban J connectivity index is 3.09. The monoisotopic (exact) mass is 281 g/mol. The topological polar surface area (TPSA) is 38.3 Å². The van der Waals surface area contributed by atoms with Crippen LogP contribution in [0.3, 0.4) is 0 Å². The van der Waals surface area contributed by atoms with E-state index in [1.807, 2.05) is 32.0 Å². The molecule has 1 rings (SSSR count). The molecule has 1 N–H and O–H groups in total. The smallest absolute Gasteiger partial charge is 0.250 e. The molecule has 0 spiro atoms. The molecule has 1 unspecified atom stereocenters. The molecular formula is C15H23NO2S. The highest BCUT2D eigenvalue weighted by atomic mass is 32.2. The third kappa shape index (κ3) is 3.07. The second-order valence-corrected chi connectivity index (χ2v) is 7.75.